The summed E-state index contributed by atoms with van der Waals surface area (Å²) in [5, 5.41) is 0. The van der Waals surface area contributed by atoms with Gasteiger partial charge in [-0.2, -0.15) is 0 Å². The number of rotatable bonds is 4. The molecule has 0 amide bonds. The van der Waals surface area contributed by atoms with Crippen molar-refractivity contribution >= 4 is 6.47 Å². The van der Waals surface area contributed by atoms with Crippen LogP contribution in [0.4, 0.5) is 0 Å². The zero-order valence-corrected chi connectivity index (χ0v) is 10.6. The lowest BCUT2D eigenvalue weighted by atomic mass is 10.0. The van der Waals surface area contributed by atoms with Crippen LogP contribution in [0, 0.1) is 12.8 Å². The smallest absolute Gasteiger partial charge is 0.293 e. The predicted molar refractivity (Wildman–Crippen MR) is 65.2 cm³/mol. The molecule has 16 heavy (non-hydrogen) atoms. The molecule has 0 aliphatic heterocycles. The summed E-state index contributed by atoms with van der Waals surface area (Å²) >= 11 is 0. The van der Waals surface area contributed by atoms with Gasteiger partial charge in [-0.15, -0.1) is 0 Å². The van der Waals surface area contributed by atoms with E-state index in [9.17, 15) is 4.79 Å². The summed E-state index contributed by atoms with van der Waals surface area (Å²) in [6.45, 7) is 9.26. The van der Waals surface area contributed by atoms with Gasteiger partial charge in [-0.3, -0.25) is 9.78 Å². The molecule has 0 aliphatic carbocycles. The summed E-state index contributed by atoms with van der Waals surface area (Å²) < 4.78 is 4.15. The lowest BCUT2D eigenvalue weighted by molar-refractivity contribution is -0.128. The fourth-order valence-electron chi connectivity index (χ4n) is 1.22. The molecule has 1 aromatic rings. The summed E-state index contributed by atoms with van der Waals surface area (Å²) in [6.07, 6.45) is 4.95. The van der Waals surface area contributed by atoms with Gasteiger partial charge in [0.05, 0.1) is 6.61 Å². The van der Waals surface area contributed by atoms with Crippen LogP contribution >= 0.6 is 0 Å². The van der Waals surface area contributed by atoms with Crippen LogP contribution in [0.3, 0.4) is 0 Å². The highest BCUT2D eigenvalue weighted by molar-refractivity contribution is 5.36. The van der Waals surface area contributed by atoms with Gasteiger partial charge >= 0.3 is 0 Å². The van der Waals surface area contributed by atoms with E-state index in [2.05, 4.69) is 36.6 Å². The lowest BCUT2D eigenvalue weighted by Crippen LogP contribution is -1.96. The maximum absolute atomic E-state index is 9.18. The van der Waals surface area contributed by atoms with E-state index in [-0.39, 0.29) is 0 Å². The van der Waals surface area contributed by atoms with Gasteiger partial charge in [0.1, 0.15) is 0 Å². The molecule has 3 heteroatoms. The van der Waals surface area contributed by atoms with E-state index in [1.165, 1.54) is 11.1 Å². The van der Waals surface area contributed by atoms with Crippen molar-refractivity contribution in [2.24, 2.45) is 5.92 Å². The number of nitrogens with zero attached hydrogens (tertiary/aromatic N) is 1. The number of hydrogen-bond donors (Lipinski definition) is 0. The monoisotopic (exact) mass is 223 g/mol. The number of ether oxygens (including phenoxy) is 1. The molecule has 0 fully saturated rings. The van der Waals surface area contributed by atoms with Gasteiger partial charge in [-0.25, -0.2) is 0 Å². The molecule has 1 rings (SSSR count). The van der Waals surface area contributed by atoms with E-state index in [1.54, 1.807) is 6.92 Å². The fourth-order valence-corrected chi connectivity index (χ4v) is 1.22. The Morgan fingerprint density at radius 3 is 2.56 bits per heavy atom. The largest absolute Gasteiger partial charge is 0.468 e. The van der Waals surface area contributed by atoms with Gasteiger partial charge in [0.15, 0.2) is 0 Å². The first-order chi connectivity index (χ1) is 7.61. The van der Waals surface area contributed by atoms with E-state index >= 15 is 0 Å². The molecule has 0 bridgehead atoms. The van der Waals surface area contributed by atoms with Crippen molar-refractivity contribution in [3.63, 3.8) is 0 Å². The van der Waals surface area contributed by atoms with Crippen molar-refractivity contribution in [1.82, 2.24) is 4.98 Å². The third-order valence-electron chi connectivity index (χ3n) is 2.01. The second kappa shape index (κ2) is 8.89. The number of carbonyl (C=O) groups is 1. The average Bonchev–Trinajstić information content (AvgIpc) is 2.23. The minimum absolute atomic E-state index is 0.431. The molecule has 0 saturated carbocycles. The van der Waals surface area contributed by atoms with Crippen LogP contribution in [0.2, 0.25) is 0 Å². The Morgan fingerprint density at radius 2 is 2.19 bits per heavy atom. The molecule has 0 radical (unpaired) electrons. The minimum Gasteiger partial charge on any atom is -0.468 e. The first kappa shape index (κ1) is 14.6. The van der Waals surface area contributed by atoms with Gasteiger partial charge in [-0.1, -0.05) is 13.8 Å². The van der Waals surface area contributed by atoms with Crippen molar-refractivity contribution in [2.45, 2.75) is 34.1 Å². The first-order valence-corrected chi connectivity index (χ1v) is 5.56. The van der Waals surface area contributed by atoms with Crippen LogP contribution in [-0.2, 0) is 16.0 Å². The number of aryl methyl sites for hydroxylation is 1. The number of aromatic nitrogens is 1. The highest BCUT2D eigenvalue weighted by atomic mass is 16.5. The number of hydrogen-bond acceptors (Lipinski definition) is 3. The van der Waals surface area contributed by atoms with Crippen LogP contribution in [0.5, 0.6) is 0 Å². The number of pyridine rings is 1. The zero-order chi connectivity index (χ0) is 12.4. The van der Waals surface area contributed by atoms with Gasteiger partial charge < -0.3 is 4.74 Å². The molecule has 0 saturated heterocycles. The molecule has 1 heterocycles. The maximum atomic E-state index is 9.18. The molecule has 0 atom stereocenters. The van der Waals surface area contributed by atoms with Gasteiger partial charge in [-0.05, 0) is 43.4 Å². The molecular weight excluding hydrogens is 202 g/mol. The lowest BCUT2D eigenvalue weighted by Gasteiger charge is -2.06. The van der Waals surface area contributed by atoms with E-state index in [0.29, 0.717) is 13.1 Å². The summed E-state index contributed by atoms with van der Waals surface area (Å²) in [5.74, 6) is 0.720. The quantitative estimate of drug-likeness (QED) is 0.737. The maximum Gasteiger partial charge on any atom is 0.293 e. The van der Waals surface area contributed by atoms with E-state index < -0.39 is 0 Å². The Labute approximate surface area is 97.9 Å². The third-order valence-corrected chi connectivity index (χ3v) is 2.01. The molecule has 0 aliphatic rings. The summed E-state index contributed by atoms with van der Waals surface area (Å²) in [6, 6.07) is 2.07. The Balaban J connectivity index is 0.000000385. The average molecular weight is 223 g/mol. The van der Waals surface area contributed by atoms with E-state index in [4.69, 9.17) is 0 Å². The van der Waals surface area contributed by atoms with Crippen LogP contribution < -0.4 is 0 Å². The third kappa shape index (κ3) is 6.98. The first-order valence-electron chi connectivity index (χ1n) is 5.56. The molecule has 90 valence electrons. The van der Waals surface area contributed by atoms with Gasteiger partial charge in [0.2, 0.25) is 0 Å². The van der Waals surface area contributed by atoms with Crippen LogP contribution in [-0.4, -0.2) is 18.1 Å². The molecule has 0 aromatic carbocycles. The summed E-state index contributed by atoms with van der Waals surface area (Å²) in [7, 11) is 0. The molecular formula is C13H21NO2. The van der Waals surface area contributed by atoms with E-state index in [0.717, 1.165) is 12.3 Å². The molecule has 0 unspecified atom stereocenters. The molecule has 1 aromatic heterocycles. The Hall–Kier alpha value is -1.38. The van der Waals surface area contributed by atoms with E-state index in [1.807, 2.05) is 12.4 Å². The highest BCUT2D eigenvalue weighted by Crippen LogP contribution is 2.10. The van der Waals surface area contributed by atoms with Crippen molar-refractivity contribution in [3.8, 4) is 0 Å². The van der Waals surface area contributed by atoms with Gasteiger partial charge in [0, 0.05) is 12.4 Å². The zero-order valence-electron chi connectivity index (χ0n) is 10.6. The van der Waals surface area contributed by atoms with Crippen molar-refractivity contribution in [2.75, 3.05) is 6.61 Å². The normalized spacial score (nSPS) is 9.31. The Bertz CT molecular complexity index is 298. The Morgan fingerprint density at radius 1 is 1.50 bits per heavy atom. The fraction of sp³-hybridized carbons (Fsp3) is 0.538. The van der Waals surface area contributed by atoms with Crippen molar-refractivity contribution in [3.05, 3.63) is 29.6 Å². The second-order valence-electron chi connectivity index (χ2n) is 3.95. The molecule has 3 nitrogen and oxygen atoms in total. The minimum atomic E-state index is 0.431. The highest BCUT2D eigenvalue weighted by Gasteiger charge is 1.99. The second-order valence-corrected chi connectivity index (χ2v) is 3.95. The summed E-state index contributed by atoms with van der Waals surface area (Å²) in [5.41, 5.74) is 2.73. The van der Waals surface area contributed by atoms with Gasteiger partial charge in [0.25, 0.3) is 6.47 Å². The van der Waals surface area contributed by atoms with Crippen molar-refractivity contribution < 1.29 is 9.53 Å². The summed E-state index contributed by atoms with van der Waals surface area (Å²) in [4.78, 5) is 13.3. The molecule has 0 spiro atoms. The van der Waals surface area contributed by atoms with Crippen LogP contribution in [0.15, 0.2) is 18.5 Å². The topological polar surface area (TPSA) is 39.2 Å². The predicted octanol–water partition coefficient (Wildman–Crippen LogP) is 2.77. The SMILES string of the molecule is CCOC=O.Cc1ccncc1CC(C)C. The molecule has 0 N–H and O–H groups in total. The standard InChI is InChI=1S/C10H15N.C3H6O2/c1-8(2)6-10-7-11-5-4-9(10)3;1-2-5-3-4/h4-5,7-8H,6H2,1-3H3;3H,2H2,1H3. The van der Waals surface area contributed by atoms with Crippen molar-refractivity contribution in [1.29, 1.82) is 0 Å². The van der Waals surface area contributed by atoms with Crippen LogP contribution in [0.25, 0.3) is 0 Å². The number of carbonyl (C=O) groups excluding carboxylic acids is 1. The Kier molecular flexibility index (Phi) is 8.12. The van der Waals surface area contributed by atoms with Crippen LogP contribution in [0.1, 0.15) is 31.9 Å².